The maximum Gasteiger partial charge on any atom is 0.435 e. The third-order valence-corrected chi connectivity index (χ3v) is 9.14. The van der Waals surface area contributed by atoms with Gasteiger partial charge in [-0.1, -0.05) is 12.1 Å². The van der Waals surface area contributed by atoms with Gasteiger partial charge in [-0.2, -0.15) is 18.3 Å². The first kappa shape index (κ1) is 27.7. The number of nitrogens with zero attached hydrogens (tertiary/aromatic N) is 4. The minimum absolute atomic E-state index is 0.0802. The number of hydrogen-bond donors (Lipinski definition) is 0. The minimum atomic E-state index is -4.56. The van der Waals surface area contributed by atoms with E-state index in [1.807, 2.05) is 11.4 Å². The fraction of sp³-hybridized carbons (Fsp3) is 0.480. The van der Waals surface area contributed by atoms with E-state index >= 15 is 0 Å². The van der Waals surface area contributed by atoms with Crippen LogP contribution in [-0.2, 0) is 50.0 Å². The molecule has 9 nitrogen and oxygen atoms in total. The molecule has 14 heteroatoms. The summed E-state index contributed by atoms with van der Waals surface area (Å²) in [6.07, 6.45) is -2.80. The lowest BCUT2D eigenvalue weighted by molar-refractivity contribution is -0.155. The average molecular weight is 585 g/mol. The van der Waals surface area contributed by atoms with Gasteiger partial charge in [-0.25, -0.2) is 13.4 Å². The van der Waals surface area contributed by atoms with E-state index in [9.17, 15) is 26.4 Å². The van der Waals surface area contributed by atoms with Crippen LogP contribution in [0.5, 0.6) is 0 Å². The van der Waals surface area contributed by atoms with Gasteiger partial charge in [0.15, 0.2) is 15.5 Å². The van der Waals surface area contributed by atoms with Gasteiger partial charge in [0.05, 0.1) is 23.1 Å². The minimum Gasteiger partial charge on any atom is -0.342 e. The third kappa shape index (κ3) is 6.03. The Morgan fingerprint density at radius 3 is 2.56 bits per heavy atom. The highest BCUT2D eigenvalue weighted by Crippen LogP contribution is 2.35. The highest BCUT2D eigenvalue weighted by atomic mass is 32.2. The van der Waals surface area contributed by atoms with Gasteiger partial charge in [0, 0.05) is 41.9 Å². The van der Waals surface area contributed by atoms with Crippen LogP contribution in [0.4, 0.5) is 13.2 Å². The topological polar surface area (TPSA) is 104 Å². The molecular weight excluding hydrogens is 557 g/mol. The zero-order chi connectivity index (χ0) is 27.9. The maximum absolute atomic E-state index is 12.9. The summed E-state index contributed by atoms with van der Waals surface area (Å²) >= 11 is 1.48. The van der Waals surface area contributed by atoms with Crippen molar-refractivity contribution in [3.05, 3.63) is 62.9 Å². The summed E-state index contributed by atoms with van der Waals surface area (Å²) in [6, 6.07) is 6.00. The van der Waals surface area contributed by atoms with Crippen LogP contribution in [0.15, 0.2) is 34.5 Å². The zero-order valence-corrected chi connectivity index (χ0v) is 22.9. The molecule has 4 heterocycles. The van der Waals surface area contributed by atoms with Crippen molar-refractivity contribution >= 4 is 27.1 Å². The molecule has 0 radical (unpaired) electrons. The number of carbonyl (C=O) groups is 1. The zero-order valence-electron chi connectivity index (χ0n) is 21.3. The van der Waals surface area contributed by atoms with E-state index in [0.29, 0.717) is 37.2 Å². The van der Waals surface area contributed by atoms with E-state index in [2.05, 4.69) is 5.10 Å². The van der Waals surface area contributed by atoms with Gasteiger partial charge in [-0.05, 0) is 37.5 Å². The van der Waals surface area contributed by atoms with Crippen LogP contribution >= 0.6 is 11.3 Å². The van der Waals surface area contributed by atoms with E-state index < -0.39 is 28.0 Å². The van der Waals surface area contributed by atoms with Crippen molar-refractivity contribution in [1.29, 1.82) is 0 Å². The molecule has 2 aliphatic rings. The predicted molar refractivity (Wildman–Crippen MR) is 135 cm³/mol. The van der Waals surface area contributed by atoms with Crippen molar-refractivity contribution in [2.75, 3.05) is 19.3 Å². The molecule has 1 saturated heterocycles. The van der Waals surface area contributed by atoms with Crippen LogP contribution < -0.4 is 0 Å². The highest BCUT2D eigenvalue weighted by molar-refractivity contribution is 7.90. The molecule has 2 aliphatic heterocycles. The smallest absolute Gasteiger partial charge is 0.342 e. The summed E-state index contributed by atoms with van der Waals surface area (Å²) in [5, 5.41) is 6.30. The molecule has 39 heavy (non-hydrogen) atoms. The molecule has 1 aromatic carbocycles. The van der Waals surface area contributed by atoms with Gasteiger partial charge in [0.2, 0.25) is 12.2 Å². The van der Waals surface area contributed by atoms with Crippen LogP contribution in [0, 0.1) is 6.92 Å². The predicted octanol–water partition coefficient (Wildman–Crippen LogP) is 4.22. The van der Waals surface area contributed by atoms with Gasteiger partial charge in [0.1, 0.15) is 12.2 Å². The molecule has 1 fully saturated rings. The van der Waals surface area contributed by atoms with Crippen LogP contribution in [0.1, 0.15) is 58.3 Å². The number of carbonyl (C=O) groups excluding carboxylic acids is 1. The Bertz CT molecular complexity index is 1480. The second kappa shape index (κ2) is 10.6. The number of hydrogen-bond acceptors (Lipinski definition) is 8. The second-order valence-corrected chi connectivity index (χ2v) is 12.6. The summed E-state index contributed by atoms with van der Waals surface area (Å²) in [4.78, 5) is 19.4. The molecule has 1 unspecified atom stereocenters. The number of piperidine rings is 1. The Balaban J connectivity index is 1.18. The molecule has 2 aromatic heterocycles. The number of ether oxygens (including phenoxy) is 2. The molecule has 3 aromatic rings. The number of alkyl halides is 3. The number of sulfone groups is 1. The normalized spacial score (nSPS) is 19.1. The molecule has 1 amide bonds. The lowest BCUT2D eigenvalue weighted by Gasteiger charge is -2.31. The quantitative estimate of drug-likeness (QED) is 0.442. The van der Waals surface area contributed by atoms with Crippen molar-refractivity contribution in [1.82, 2.24) is 19.7 Å². The molecule has 5 rings (SSSR count). The van der Waals surface area contributed by atoms with Crippen LogP contribution in [0.3, 0.4) is 0 Å². The largest absolute Gasteiger partial charge is 0.435 e. The van der Waals surface area contributed by atoms with Gasteiger partial charge < -0.3 is 14.4 Å². The Hall–Kier alpha value is -2.81. The van der Waals surface area contributed by atoms with Gasteiger partial charge in [-0.3, -0.25) is 9.48 Å². The van der Waals surface area contributed by atoms with E-state index in [1.165, 1.54) is 24.5 Å². The summed E-state index contributed by atoms with van der Waals surface area (Å²) in [5.41, 5.74) is 1.23. The van der Waals surface area contributed by atoms with E-state index in [-0.39, 0.29) is 42.2 Å². The fourth-order valence-corrected chi connectivity index (χ4v) is 6.76. The van der Waals surface area contributed by atoms with Gasteiger partial charge in [-0.15, -0.1) is 11.3 Å². The summed E-state index contributed by atoms with van der Waals surface area (Å²) in [5.74, 6) is -0.155. The van der Waals surface area contributed by atoms with Crippen molar-refractivity contribution in [2.24, 2.45) is 0 Å². The number of thiazole rings is 1. The van der Waals surface area contributed by atoms with Crippen LogP contribution in [0.2, 0.25) is 0 Å². The molecular formula is C25H27F3N4O5S2. The average Bonchev–Trinajstić information content (AvgIpc) is 3.45. The Kier molecular flexibility index (Phi) is 7.57. The number of halogens is 3. The SMILES string of the molecule is Cc1cc(C(F)(F)F)nn1CC(=O)N1CCC(c2nc(C3OCc4cccc(S(C)(=O)=O)c4CO3)cs2)CC1. The molecule has 0 saturated carbocycles. The monoisotopic (exact) mass is 584 g/mol. The number of likely N-dealkylation sites (tertiary alicyclic amines) is 1. The van der Waals surface area contributed by atoms with Crippen molar-refractivity contribution < 1.29 is 35.9 Å². The first-order valence-corrected chi connectivity index (χ1v) is 15.1. The highest BCUT2D eigenvalue weighted by Gasteiger charge is 2.35. The Morgan fingerprint density at radius 2 is 1.90 bits per heavy atom. The number of rotatable bonds is 5. The number of aryl methyl sites for hydroxylation is 1. The number of benzene rings is 1. The molecule has 0 N–H and O–H groups in total. The molecule has 0 spiro atoms. The van der Waals surface area contributed by atoms with Crippen molar-refractivity contribution in [3.63, 3.8) is 0 Å². The first-order chi connectivity index (χ1) is 18.4. The third-order valence-electron chi connectivity index (χ3n) is 6.93. The van der Waals surface area contributed by atoms with Crippen LogP contribution in [-0.4, -0.2) is 53.3 Å². The molecule has 1 atom stereocenters. The number of amides is 1. The molecule has 210 valence electrons. The van der Waals surface area contributed by atoms with Crippen molar-refractivity contribution in [2.45, 2.75) is 62.8 Å². The van der Waals surface area contributed by atoms with E-state index in [4.69, 9.17) is 14.5 Å². The lowest BCUT2D eigenvalue weighted by Crippen LogP contribution is -2.40. The van der Waals surface area contributed by atoms with Gasteiger partial charge >= 0.3 is 6.18 Å². The van der Waals surface area contributed by atoms with Gasteiger partial charge in [0.25, 0.3) is 0 Å². The van der Waals surface area contributed by atoms with Crippen LogP contribution in [0.25, 0.3) is 0 Å². The Morgan fingerprint density at radius 1 is 1.18 bits per heavy atom. The lowest BCUT2D eigenvalue weighted by atomic mass is 9.97. The first-order valence-electron chi connectivity index (χ1n) is 12.3. The number of fused-ring (bicyclic) bond motifs is 1. The standard InChI is InChI=1S/C25H27F3N4O5S2/c1-15-10-21(25(26,27)28)30-32(15)11-22(33)31-8-6-16(7-9-31)23-29-19(14-38-23)24-36-12-17-4-3-5-20(39(2,34)35)18(17)13-37-24/h3-5,10,14,16,24H,6-9,11-13H2,1-2H3. The van der Waals surface area contributed by atoms with E-state index in [0.717, 1.165) is 21.3 Å². The summed E-state index contributed by atoms with van der Waals surface area (Å²) in [7, 11) is -3.42. The number of aromatic nitrogens is 3. The second-order valence-electron chi connectivity index (χ2n) is 9.71. The maximum atomic E-state index is 12.9. The summed E-state index contributed by atoms with van der Waals surface area (Å²) < 4.78 is 76.1. The summed E-state index contributed by atoms with van der Waals surface area (Å²) in [6.45, 7) is 2.45. The van der Waals surface area contributed by atoms with Crippen molar-refractivity contribution in [3.8, 4) is 0 Å². The van der Waals surface area contributed by atoms with E-state index in [1.54, 1.807) is 17.0 Å². The molecule has 0 aliphatic carbocycles. The molecule has 0 bridgehead atoms. The fourth-order valence-electron chi connectivity index (χ4n) is 4.81. The Labute approximate surface area is 227 Å².